The maximum Gasteiger partial charge on any atom is 0.270 e. The first kappa shape index (κ1) is 24.3. The summed E-state index contributed by atoms with van der Waals surface area (Å²) in [5.41, 5.74) is 5.36. The molecule has 0 N–H and O–H groups in total. The second-order valence-corrected chi connectivity index (χ2v) is 8.59. The number of aryl methyl sites for hydroxylation is 2. The van der Waals surface area contributed by atoms with Crippen molar-refractivity contribution in [3.8, 4) is 22.5 Å². The van der Waals surface area contributed by atoms with Gasteiger partial charge in [-0.1, -0.05) is 60.7 Å². The molecule has 6 aromatic rings. The van der Waals surface area contributed by atoms with E-state index in [9.17, 15) is 20.2 Å². The van der Waals surface area contributed by atoms with Crippen LogP contribution in [0.5, 0.6) is 0 Å². The smallest absolute Gasteiger partial charge is 0.267 e. The highest BCUT2D eigenvalue weighted by Gasteiger charge is 2.16. The second kappa shape index (κ2) is 9.94. The number of nitro groups is 2. The maximum atomic E-state index is 10.9. The van der Waals surface area contributed by atoms with Gasteiger partial charge < -0.3 is 0 Å². The number of fused-ring (bicyclic) bond motifs is 2. The van der Waals surface area contributed by atoms with Gasteiger partial charge in [-0.05, 0) is 12.1 Å². The fraction of sp³-hybridized carbons (Fsp3) is 0.0714. The van der Waals surface area contributed by atoms with Crippen molar-refractivity contribution in [1.29, 1.82) is 0 Å². The lowest BCUT2D eigenvalue weighted by atomic mass is 10.1. The standard InChI is InChI=1S/2C14H11N3O2/c2*1-16-13-8-7-11(17(18)19)9-12(13)14(15-16)10-5-3-2-4-6-10/h2*2-9H,1H3. The van der Waals surface area contributed by atoms with Crippen LogP contribution in [0.4, 0.5) is 11.4 Å². The summed E-state index contributed by atoms with van der Waals surface area (Å²) in [6.07, 6.45) is 0. The van der Waals surface area contributed by atoms with E-state index in [-0.39, 0.29) is 21.2 Å². The van der Waals surface area contributed by atoms with Crippen LogP contribution in [0, 0.1) is 20.2 Å². The molecule has 0 saturated heterocycles. The van der Waals surface area contributed by atoms with Crippen LogP contribution in [-0.2, 0) is 14.1 Å². The van der Waals surface area contributed by atoms with Crippen LogP contribution < -0.4 is 0 Å². The average molecular weight is 507 g/mol. The molecule has 6 rings (SSSR count). The third kappa shape index (κ3) is 4.58. The van der Waals surface area contributed by atoms with Gasteiger partial charge in [-0.3, -0.25) is 29.6 Å². The molecule has 0 bridgehead atoms. The molecule has 2 aromatic heterocycles. The van der Waals surface area contributed by atoms with E-state index in [0.717, 1.165) is 44.3 Å². The number of aromatic nitrogens is 4. The molecule has 2 heterocycles. The predicted octanol–water partition coefficient (Wildman–Crippen LogP) is 6.30. The highest BCUT2D eigenvalue weighted by molar-refractivity contribution is 5.95. The van der Waals surface area contributed by atoms with Gasteiger partial charge >= 0.3 is 0 Å². The molecular weight excluding hydrogens is 484 g/mol. The van der Waals surface area contributed by atoms with Crippen LogP contribution in [0.2, 0.25) is 0 Å². The van der Waals surface area contributed by atoms with Crippen molar-refractivity contribution in [1.82, 2.24) is 19.6 Å². The monoisotopic (exact) mass is 506 g/mol. The van der Waals surface area contributed by atoms with Crippen LogP contribution in [0.3, 0.4) is 0 Å². The van der Waals surface area contributed by atoms with E-state index >= 15 is 0 Å². The lowest BCUT2D eigenvalue weighted by Crippen LogP contribution is -1.90. The van der Waals surface area contributed by atoms with E-state index < -0.39 is 0 Å². The number of nitro benzene ring substituents is 2. The summed E-state index contributed by atoms with van der Waals surface area (Å²) in [7, 11) is 3.67. The Morgan fingerprint density at radius 1 is 0.579 bits per heavy atom. The van der Waals surface area contributed by atoms with Gasteiger partial charge in [-0.25, -0.2) is 0 Å². The Hall–Kier alpha value is -5.38. The van der Waals surface area contributed by atoms with Crippen LogP contribution in [0.25, 0.3) is 44.3 Å². The Balaban J connectivity index is 0.000000155. The summed E-state index contributed by atoms with van der Waals surface area (Å²) < 4.78 is 3.47. The Kier molecular flexibility index (Phi) is 6.36. The Morgan fingerprint density at radius 2 is 0.947 bits per heavy atom. The number of hydrogen-bond donors (Lipinski definition) is 0. The minimum Gasteiger partial charge on any atom is -0.267 e. The molecule has 4 aromatic carbocycles. The first-order chi connectivity index (χ1) is 18.3. The van der Waals surface area contributed by atoms with Crippen molar-refractivity contribution in [2.75, 3.05) is 0 Å². The number of non-ortho nitro benzene ring substituents is 2. The molecular formula is C28H22N6O4. The molecule has 0 atom stereocenters. The van der Waals surface area contributed by atoms with E-state index in [1.165, 1.54) is 12.1 Å². The van der Waals surface area contributed by atoms with Gasteiger partial charge in [0.15, 0.2) is 0 Å². The van der Waals surface area contributed by atoms with Crippen molar-refractivity contribution >= 4 is 33.2 Å². The summed E-state index contributed by atoms with van der Waals surface area (Å²) in [5.74, 6) is 0. The van der Waals surface area contributed by atoms with Gasteiger partial charge in [-0.15, -0.1) is 0 Å². The molecule has 188 valence electrons. The Bertz CT molecular complexity index is 1660. The molecule has 10 nitrogen and oxygen atoms in total. The molecule has 0 aliphatic heterocycles. The third-order valence-corrected chi connectivity index (χ3v) is 6.18. The normalized spacial score (nSPS) is 10.8. The molecule has 0 fully saturated rings. The van der Waals surface area contributed by atoms with Crippen molar-refractivity contribution in [2.45, 2.75) is 0 Å². The maximum absolute atomic E-state index is 10.9. The van der Waals surface area contributed by atoms with Crippen molar-refractivity contribution < 1.29 is 9.85 Å². The molecule has 38 heavy (non-hydrogen) atoms. The summed E-state index contributed by atoms with van der Waals surface area (Å²) in [6, 6.07) is 28.9. The third-order valence-electron chi connectivity index (χ3n) is 6.18. The van der Waals surface area contributed by atoms with Crippen LogP contribution >= 0.6 is 0 Å². The second-order valence-electron chi connectivity index (χ2n) is 8.59. The van der Waals surface area contributed by atoms with Crippen LogP contribution in [-0.4, -0.2) is 29.4 Å². The topological polar surface area (TPSA) is 122 Å². The zero-order valence-corrected chi connectivity index (χ0v) is 20.6. The van der Waals surface area contributed by atoms with Crippen LogP contribution in [0.1, 0.15) is 0 Å². The molecule has 0 saturated carbocycles. The molecule has 0 spiro atoms. The highest BCUT2D eigenvalue weighted by Crippen LogP contribution is 2.31. The number of nitrogens with zero attached hydrogens (tertiary/aromatic N) is 6. The quantitative estimate of drug-likeness (QED) is 0.204. The predicted molar refractivity (Wildman–Crippen MR) is 146 cm³/mol. The van der Waals surface area contributed by atoms with Crippen molar-refractivity contribution in [3.63, 3.8) is 0 Å². The largest absolute Gasteiger partial charge is 0.270 e. The minimum atomic E-state index is -0.388. The molecule has 0 unspecified atom stereocenters. The van der Waals surface area contributed by atoms with Crippen LogP contribution in [0.15, 0.2) is 97.1 Å². The van der Waals surface area contributed by atoms with Gasteiger partial charge in [-0.2, -0.15) is 10.2 Å². The van der Waals surface area contributed by atoms with E-state index in [0.29, 0.717) is 0 Å². The molecule has 10 heteroatoms. The Morgan fingerprint density at radius 3 is 1.29 bits per heavy atom. The van der Waals surface area contributed by atoms with Gasteiger partial charge in [0.05, 0.1) is 20.9 Å². The van der Waals surface area contributed by atoms with E-state index in [1.54, 1.807) is 33.6 Å². The fourth-order valence-electron chi connectivity index (χ4n) is 4.35. The molecule has 0 amide bonds. The molecule has 0 radical (unpaired) electrons. The fourth-order valence-corrected chi connectivity index (χ4v) is 4.35. The zero-order valence-electron chi connectivity index (χ0n) is 20.6. The average Bonchev–Trinajstić information content (AvgIpc) is 3.46. The number of rotatable bonds is 4. The lowest BCUT2D eigenvalue weighted by molar-refractivity contribution is -0.384. The summed E-state index contributed by atoms with van der Waals surface area (Å²) in [4.78, 5) is 21.0. The first-order valence-corrected chi connectivity index (χ1v) is 11.7. The summed E-state index contributed by atoms with van der Waals surface area (Å²) >= 11 is 0. The first-order valence-electron chi connectivity index (χ1n) is 11.7. The summed E-state index contributed by atoms with van der Waals surface area (Å²) in [6.45, 7) is 0. The van der Waals surface area contributed by atoms with Gasteiger partial charge in [0, 0.05) is 60.3 Å². The minimum absolute atomic E-state index is 0.0812. The zero-order chi connectivity index (χ0) is 26.8. The summed E-state index contributed by atoms with van der Waals surface area (Å²) in [5, 5.41) is 32.3. The molecule has 0 aliphatic rings. The van der Waals surface area contributed by atoms with E-state index in [1.807, 2.05) is 74.8 Å². The SMILES string of the molecule is Cn1nc(-c2ccccc2)c2cc([N+](=O)[O-])ccc21.Cn1nc(-c2ccccc2)c2cc([N+](=O)[O-])ccc21. The van der Waals surface area contributed by atoms with Crippen molar-refractivity contribution in [3.05, 3.63) is 117 Å². The Labute approximate surface area is 216 Å². The number of benzene rings is 4. The highest BCUT2D eigenvalue weighted by atomic mass is 16.6. The van der Waals surface area contributed by atoms with Gasteiger partial charge in [0.2, 0.25) is 0 Å². The van der Waals surface area contributed by atoms with Gasteiger partial charge in [0.1, 0.15) is 11.4 Å². The number of hydrogen-bond acceptors (Lipinski definition) is 6. The van der Waals surface area contributed by atoms with E-state index in [4.69, 9.17) is 0 Å². The van der Waals surface area contributed by atoms with E-state index in [2.05, 4.69) is 10.2 Å². The molecule has 0 aliphatic carbocycles. The van der Waals surface area contributed by atoms with Crippen molar-refractivity contribution in [2.24, 2.45) is 14.1 Å². The van der Waals surface area contributed by atoms with Gasteiger partial charge in [0.25, 0.3) is 11.4 Å². The lowest BCUT2D eigenvalue weighted by Gasteiger charge is -1.97.